The van der Waals surface area contributed by atoms with Gasteiger partial charge in [-0.3, -0.25) is 19.3 Å². The number of hydrogen-bond acceptors (Lipinski definition) is 4. The molecule has 3 aliphatic rings. The number of carbonyl (C=O) groups is 3. The lowest BCUT2D eigenvalue weighted by molar-refractivity contribution is -0.146. The molecule has 2 aliphatic carbocycles. The predicted octanol–water partition coefficient (Wildman–Crippen LogP) is 1.16. The van der Waals surface area contributed by atoms with Gasteiger partial charge in [-0.15, -0.1) is 0 Å². The maximum absolute atomic E-state index is 12.6. The first-order valence-corrected chi connectivity index (χ1v) is 8.51. The maximum Gasteiger partial charge on any atom is 0.242 e. The lowest BCUT2D eigenvalue weighted by Gasteiger charge is -2.22. The SMILES string of the molecule is CN(Cc1ccccc1O)C(=O)CN1C(=O)[C@@H]2[C@H](C1=O)[C@H]1C=C[C@H]2C1. The second kappa shape index (κ2) is 5.72. The minimum Gasteiger partial charge on any atom is -0.508 e. The van der Waals surface area contributed by atoms with Crippen LogP contribution in [0.5, 0.6) is 5.75 Å². The Labute approximate surface area is 145 Å². The molecule has 2 fully saturated rings. The summed E-state index contributed by atoms with van der Waals surface area (Å²) >= 11 is 0. The summed E-state index contributed by atoms with van der Waals surface area (Å²) in [5, 5.41) is 9.82. The van der Waals surface area contributed by atoms with E-state index in [1.165, 1.54) is 4.90 Å². The Morgan fingerprint density at radius 1 is 1.16 bits per heavy atom. The third-order valence-electron chi connectivity index (χ3n) is 5.68. The number of amides is 3. The Hall–Kier alpha value is -2.63. The highest BCUT2D eigenvalue weighted by atomic mass is 16.3. The van der Waals surface area contributed by atoms with Gasteiger partial charge in [-0.25, -0.2) is 0 Å². The molecule has 1 heterocycles. The van der Waals surface area contributed by atoms with E-state index < -0.39 is 0 Å². The molecular weight excluding hydrogens is 320 g/mol. The number of nitrogens with zero attached hydrogens (tertiary/aromatic N) is 2. The zero-order valence-electron chi connectivity index (χ0n) is 14.0. The zero-order chi connectivity index (χ0) is 17.7. The molecule has 0 unspecified atom stereocenters. The fraction of sp³-hybridized carbons (Fsp3) is 0.421. The highest BCUT2D eigenvalue weighted by molar-refractivity contribution is 6.08. The van der Waals surface area contributed by atoms with Gasteiger partial charge in [0.25, 0.3) is 0 Å². The third kappa shape index (κ3) is 2.44. The highest BCUT2D eigenvalue weighted by Gasteiger charge is 2.59. The van der Waals surface area contributed by atoms with Crippen molar-refractivity contribution in [2.24, 2.45) is 23.7 Å². The summed E-state index contributed by atoms with van der Waals surface area (Å²) < 4.78 is 0. The third-order valence-corrected chi connectivity index (χ3v) is 5.68. The quantitative estimate of drug-likeness (QED) is 0.659. The topological polar surface area (TPSA) is 77.9 Å². The molecule has 6 nitrogen and oxygen atoms in total. The number of phenols is 1. The van der Waals surface area contributed by atoms with E-state index in [0.29, 0.717) is 5.56 Å². The minimum atomic E-state index is -0.315. The number of likely N-dealkylation sites (N-methyl/N-ethyl adjacent to an activating group) is 1. The smallest absolute Gasteiger partial charge is 0.242 e. The number of benzene rings is 1. The Morgan fingerprint density at radius 3 is 2.36 bits per heavy atom. The molecule has 1 aliphatic heterocycles. The number of para-hydroxylation sites is 1. The summed E-state index contributed by atoms with van der Waals surface area (Å²) in [5.74, 6) is -0.890. The van der Waals surface area contributed by atoms with Crippen molar-refractivity contribution in [3.8, 4) is 5.75 Å². The maximum atomic E-state index is 12.6. The molecule has 1 aromatic carbocycles. The second-order valence-electron chi connectivity index (χ2n) is 7.14. The molecule has 2 bridgehead atoms. The lowest BCUT2D eigenvalue weighted by atomic mass is 9.85. The number of carbonyl (C=O) groups excluding carboxylic acids is 3. The van der Waals surface area contributed by atoms with Crippen LogP contribution >= 0.6 is 0 Å². The number of likely N-dealkylation sites (tertiary alicyclic amines) is 1. The van der Waals surface area contributed by atoms with Crippen molar-refractivity contribution >= 4 is 17.7 Å². The molecule has 1 saturated carbocycles. The number of imide groups is 1. The van der Waals surface area contributed by atoms with Crippen molar-refractivity contribution in [3.05, 3.63) is 42.0 Å². The van der Waals surface area contributed by atoms with Crippen molar-refractivity contribution in [2.45, 2.75) is 13.0 Å². The molecule has 4 atom stereocenters. The molecule has 0 radical (unpaired) electrons. The average molecular weight is 340 g/mol. The Kier molecular flexibility index (Phi) is 3.63. The number of phenolic OH excluding ortho intramolecular Hbond substituents is 1. The summed E-state index contributed by atoms with van der Waals surface area (Å²) in [7, 11) is 1.60. The molecule has 1 N–H and O–H groups in total. The number of rotatable bonds is 4. The summed E-state index contributed by atoms with van der Waals surface area (Å²) in [6, 6.07) is 6.79. The molecule has 0 spiro atoms. The van der Waals surface area contributed by atoms with Crippen LogP contribution in [0.2, 0.25) is 0 Å². The van der Waals surface area contributed by atoms with Crippen LogP contribution in [0, 0.1) is 23.7 Å². The summed E-state index contributed by atoms with van der Waals surface area (Å²) in [4.78, 5) is 40.3. The Bertz CT molecular complexity index is 757. The number of allylic oxidation sites excluding steroid dienone is 2. The van der Waals surface area contributed by atoms with E-state index in [4.69, 9.17) is 0 Å². The first-order valence-electron chi connectivity index (χ1n) is 8.51. The van der Waals surface area contributed by atoms with Crippen LogP contribution in [0.25, 0.3) is 0 Å². The molecule has 6 heteroatoms. The Balaban J connectivity index is 1.44. The molecule has 4 rings (SSSR count). The average Bonchev–Trinajstić information content (AvgIpc) is 3.26. The molecule has 1 aromatic rings. The second-order valence-corrected chi connectivity index (χ2v) is 7.14. The van der Waals surface area contributed by atoms with E-state index >= 15 is 0 Å². The van der Waals surface area contributed by atoms with Crippen LogP contribution in [0.4, 0.5) is 0 Å². The molecule has 3 amide bonds. The fourth-order valence-corrected chi connectivity index (χ4v) is 4.36. The first-order chi connectivity index (χ1) is 12.0. The summed E-state index contributed by atoms with van der Waals surface area (Å²) in [5.41, 5.74) is 0.622. The highest BCUT2D eigenvalue weighted by Crippen LogP contribution is 2.52. The van der Waals surface area contributed by atoms with Gasteiger partial charge in [0, 0.05) is 19.2 Å². The number of aromatic hydroxyl groups is 1. The van der Waals surface area contributed by atoms with Crippen LogP contribution in [-0.4, -0.2) is 46.2 Å². The molecule has 130 valence electrons. The standard InChI is InChI=1S/C19H20N2O4/c1-20(9-13-4-2-3-5-14(13)22)15(23)10-21-18(24)16-11-6-7-12(8-11)17(16)19(21)25/h2-7,11-12,16-17,22H,8-10H2,1H3/t11-,12-,16-,17+/m0/s1. The van der Waals surface area contributed by atoms with Gasteiger partial charge in [0.2, 0.25) is 17.7 Å². The van der Waals surface area contributed by atoms with Crippen LogP contribution in [0.1, 0.15) is 12.0 Å². The molecule has 25 heavy (non-hydrogen) atoms. The van der Waals surface area contributed by atoms with Crippen LogP contribution in [0.3, 0.4) is 0 Å². The van der Waals surface area contributed by atoms with Gasteiger partial charge < -0.3 is 10.0 Å². The lowest BCUT2D eigenvalue weighted by Crippen LogP contribution is -2.42. The van der Waals surface area contributed by atoms with Crippen molar-refractivity contribution in [1.29, 1.82) is 0 Å². The van der Waals surface area contributed by atoms with E-state index in [9.17, 15) is 19.5 Å². The normalized spacial score (nSPS) is 29.4. The minimum absolute atomic E-state index is 0.118. The number of hydrogen-bond donors (Lipinski definition) is 1. The Morgan fingerprint density at radius 2 is 1.76 bits per heavy atom. The molecular formula is C19H20N2O4. The van der Waals surface area contributed by atoms with Gasteiger partial charge >= 0.3 is 0 Å². The first kappa shape index (κ1) is 15.9. The van der Waals surface area contributed by atoms with E-state index in [0.717, 1.165) is 11.3 Å². The fourth-order valence-electron chi connectivity index (χ4n) is 4.36. The number of fused-ring (bicyclic) bond motifs is 5. The van der Waals surface area contributed by atoms with Crippen LogP contribution in [-0.2, 0) is 20.9 Å². The predicted molar refractivity (Wildman–Crippen MR) is 89.0 cm³/mol. The molecule has 0 aromatic heterocycles. The van der Waals surface area contributed by atoms with Crippen molar-refractivity contribution < 1.29 is 19.5 Å². The largest absolute Gasteiger partial charge is 0.508 e. The van der Waals surface area contributed by atoms with Gasteiger partial charge in [-0.1, -0.05) is 30.4 Å². The zero-order valence-corrected chi connectivity index (χ0v) is 14.0. The summed E-state index contributed by atoms with van der Waals surface area (Å²) in [6.45, 7) is -0.00437. The molecule has 1 saturated heterocycles. The van der Waals surface area contributed by atoms with E-state index in [1.807, 2.05) is 12.2 Å². The van der Waals surface area contributed by atoms with E-state index in [-0.39, 0.29) is 60.2 Å². The van der Waals surface area contributed by atoms with Gasteiger partial charge in [-0.05, 0) is 24.3 Å². The summed E-state index contributed by atoms with van der Waals surface area (Å²) in [6.07, 6.45) is 4.95. The van der Waals surface area contributed by atoms with Crippen LogP contribution < -0.4 is 0 Å². The van der Waals surface area contributed by atoms with Gasteiger partial charge in [0.15, 0.2) is 0 Å². The van der Waals surface area contributed by atoms with Gasteiger partial charge in [0.05, 0.1) is 11.8 Å². The van der Waals surface area contributed by atoms with Crippen molar-refractivity contribution in [3.63, 3.8) is 0 Å². The van der Waals surface area contributed by atoms with E-state index in [2.05, 4.69) is 0 Å². The van der Waals surface area contributed by atoms with Gasteiger partial charge in [0.1, 0.15) is 12.3 Å². The van der Waals surface area contributed by atoms with Gasteiger partial charge in [-0.2, -0.15) is 0 Å². The van der Waals surface area contributed by atoms with Crippen molar-refractivity contribution in [1.82, 2.24) is 9.80 Å². The van der Waals surface area contributed by atoms with Crippen molar-refractivity contribution in [2.75, 3.05) is 13.6 Å². The van der Waals surface area contributed by atoms with Crippen LogP contribution in [0.15, 0.2) is 36.4 Å². The van der Waals surface area contributed by atoms with E-state index in [1.54, 1.807) is 31.3 Å². The monoisotopic (exact) mass is 340 g/mol.